The number of hydrogen-bond acceptors (Lipinski definition) is 7. The molecule has 0 radical (unpaired) electrons. The first kappa shape index (κ1) is 20.7. The highest BCUT2D eigenvalue weighted by Gasteiger charge is 2.18. The quantitative estimate of drug-likeness (QED) is 0.444. The van der Waals surface area contributed by atoms with Gasteiger partial charge in [0, 0.05) is 23.9 Å². The van der Waals surface area contributed by atoms with Crippen molar-refractivity contribution in [1.82, 2.24) is 35.1 Å². The van der Waals surface area contributed by atoms with E-state index in [0.29, 0.717) is 17.0 Å². The second kappa shape index (κ2) is 8.64. The highest BCUT2D eigenvalue weighted by Crippen LogP contribution is 2.25. The third kappa shape index (κ3) is 4.77. The molecule has 0 spiro atoms. The van der Waals surface area contributed by atoms with E-state index in [4.69, 9.17) is 4.42 Å². The summed E-state index contributed by atoms with van der Waals surface area (Å²) in [6, 6.07) is 8.01. The van der Waals surface area contributed by atoms with Gasteiger partial charge in [0.25, 0.3) is 5.89 Å². The zero-order valence-electron chi connectivity index (χ0n) is 16.7. The Balaban J connectivity index is 1.48. The van der Waals surface area contributed by atoms with Crippen LogP contribution in [0.15, 0.2) is 47.1 Å². The average molecular weight is 429 g/mol. The van der Waals surface area contributed by atoms with Crippen LogP contribution >= 0.6 is 0 Å². The highest BCUT2D eigenvalue weighted by molar-refractivity contribution is 5.54. The van der Waals surface area contributed by atoms with Gasteiger partial charge in [-0.05, 0) is 37.9 Å². The van der Waals surface area contributed by atoms with Crippen LogP contribution < -0.4 is 0 Å². The van der Waals surface area contributed by atoms with Gasteiger partial charge in [-0.1, -0.05) is 17.3 Å². The van der Waals surface area contributed by atoms with Crippen molar-refractivity contribution in [1.29, 1.82) is 0 Å². The van der Waals surface area contributed by atoms with Crippen molar-refractivity contribution in [2.24, 2.45) is 0 Å². The van der Waals surface area contributed by atoms with Gasteiger partial charge < -0.3 is 9.32 Å². The fourth-order valence-electron chi connectivity index (χ4n) is 2.95. The monoisotopic (exact) mass is 429 g/mol. The molecule has 11 heteroatoms. The summed E-state index contributed by atoms with van der Waals surface area (Å²) in [5.74, 6) is -1.54. The van der Waals surface area contributed by atoms with E-state index >= 15 is 0 Å². The topological polar surface area (TPSA) is 85.8 Å². The largest absolute Gasteiger partial charge is 0.415 e. The molecule has 8 nitrogen and oxygen atoms in total. The molecule has 0 bridgehead atoms. The molecule has 0 amide bonds. The third-order valence-corrected chi connectivity index (χ3v) is 4.38. The Morgan fingerprint density at radius 3 is 2.55 bits per heavy atom. The lowest BCUT2D eigenvalue weighted by atomic mass is 10.1. The number of alkyl halides is 2. The van der Waals surface area contributed by atoms with Gasteiger partial charge >= 0.3 is 6.43 Å². The fourth-order valence-corrected chi connectivity index (χ4v) is 2.95. The van der Waals surface area contributed by atoms with E-state index in [0.717, 1.165) is 18.2 Å². The number of benzene rings is 1. The van der Waals surface area contributed by atoms with Crippen LogP contribution in [0.4, 0.5) is 13.2 Å². The summed E-state index contributed by atoms with van der Waals surface area (Å²) in [7, 11) is 3.96. The van der Waals surface area contributed by atoms with Crippen molar-refractivity contribution < 1.29 is 17.6 Å². The van der Waals surface area contributed by atoms with Crippen LogP contribution in [0.5, 0.6) is 0 Å². The maximum absolute atomic E-state index is 14.5. The van der Waals surface area contributed by atoms with Crippen LogP contribution in [-0.2, 0) is 13.1 Å². The number of pyridine rings is 1. The van der Waals surface area contributed by atoms with Gasteiger partial charge in [0.2, 0.25) is 5.89 Å². The van der Waals surface area contributed by atoms with Crippen LogP contribution in [0.25, 0.3) is 22.8 Å². The van der Waals surface area contributed by atoms with E-state index in [1.165, 1.54) is 16.8 Å². The Labute approximate surface area is 175 Å². The molecule has 0 aliphatic rings. The molecule has 31 heavy (non-hydrogen) atoms. The van der Waals surface area contributed by atoms with Crippen molar-refractivity contribution in [3.8, 4) is 22.8 Å². The molecular weight excluding hydrogens is 411 g/mol. The number of hydrogen-bond donors (Lipinski definition) is 0. The molecule has 160 valence electrons. The minimum Gasteiger partial charge on any atom is -0.415 e. The van der Waals surface area contributed by atoms with Crippen LogP contribution in [0.3, 0.4) is 0 Å². The molecule has 1 aromatic carbocycles. The standard InChI is InChI=1S/C20H18F3N7O/c1-29(2)9-12-3-6-16(24-8-12)17-11-30(28-25-17)10-14-5-4-13(7-15(14)21)19-26-27-20(31-19)18(22)23/h3-8,11,18H,9-10H2,1-2H3. The predicted octanol–water partition coefficient (Wildman–Crippen LogP) is 3.58. The lowest BCUT2D eigenvalue weighted by Crippen LogP contribution is -2.10. The number of rotatable bonds is 7. The molecule has 3 aromatic heterocycles. The summed E-state index contributed by atoms with van der Waals surface area (Å²) in [6.45, 7) is 0.909. The van der Waals surface area contributed by atoms with Gasteiger partial charge in [-0.2, -0.15) is 8.78 Å². The fraction of sp³-hybridized carbons (Fsp3) is 0.250. The molecule has 3 heterocycles. The zero-order valence-corrected chi connectivity index (χ0v) is 16.7. The Kier molecular flexibility index (Phi) is 5.76. The lowest BCUT2D eigenvalue weighted by Gasteiger charge is -2.08. The molecule has 0 aliphatic heterocycles. The summed E-state index contributed by atoms with van der Waals surface area (Å²) in [5, 5.41) is 14.9. The molecule has 0 saturated carbocycles. The van der Waals surface area contributed by atoms with Gasteiger partial charge in [-0.25, -0.2) is 9.07 Å². The Hall–Kier alpha value is -3.60. The van der Waals surface area contributed by atoms with Gasteiger partial charge in [-0.15, -0.1) is 15.3 Å². The van der Waals surface area contributed by atoms with Crippen LogP contribution in [0.2, 0.25) is 0 Å². The predicted molar refractivity (Wildman–Crippen MR) is 104 cm³/mol. The summed E-state index contributed by atoms with van der Waals surface area (Å²) in [4.78, 5) is 6.45. The molecule has 4 aromatic rings. The van der Waals surface area contributed by atoms with Crippen molar-refractivity contribution in [3.05, 3.63) is 65.6 Å². The molecule has 0 fully saturated rings. The molecule has 0 unspecified atom stereocenters. The molecule has 4 rings (SSSR count). The normalized spacial score (nSPS) is 11.6. The molecule has 0 saturated heterocycles. The van der Waals surface area contributed by atoms with Crippen LogP contribution in [-0.4, -0.2) is 49.2 Å². The van der Waals surface area contributed by atoms with E-state index in [1.54, 1.807) is 12.4 Å². The van der Waals surface area contributed by atoms with E-state index < -0.39 is 18.1 Å². The molecule has 0 N–H and O–H groups in total. The summed E-state index contributed by atoms with van der Waals surface area (Å²) < 4.78 is 46.1. The first-order chi connectivity index (χ1) is 14.9. The van der Waals surface area contributed by atoms with Crippen molar-refractivity contribution in [3.63, 3.8) is 0 Å². The summed E-state index contributed by atoms with van der Waals surface area (Å²) in [6.07, 6.45) is 0.573. The van der Waals surface area contributed by atoms with Gasteiger partial charge in [-0.3, -0.25) is 4.98 Å². The Morgan fingerprint density at radius 1 is 1.06 bits per heavy atom. The van der Waals surface area contributed by atoms with Crippen LogP contribution in [0.1, 0.15) is 23.4 Å². The lowest BCUT2D eigenvalue weighted by molar-refractivity contribution is 0.116. The zero-order chi connectivity index (χ0) is 22.0. The SMILES string of the molecule is CN(C)Cc1ccc(-c2cn(Cc3ccc(-c4nnc(C(F)F)o4)cc3F)nn2)nc1. The Morgan fingerprint density at radius 2 is 1.90 bits per heavy atom. The minimum atomic E-state index is -2.88. The van der Waals surface area contributed by atoms with Crippen LogP contribution in [0, 0.1) is 5.82 Å². The molecular formula is C20H18F3N7O. The van der Waals surface area contributed by atoms with E-state index in [1.807, 2.05) is 31.1 Å². The van der Waals surface area contributed by atoms with Gasteiger partial charge in [0.1, 0.15) is 11.5 Å². The summed E-state index contributed by atoms with van der Waals surface area (Å²) >= 11 is 0. The van der Waals surface area contributed by atoms with Gasteiger partial charge in [0.05, 0.1) is 18.4 Å². The van der Waals surface area contributed by atoms with Gasteiger partial charge in [0.15, 0.2) is 0 Å². The van der Waals surface area contributed by atoms with Crippen molar-refractivity contribution in [2.75, 3.05) is 14.1 Å². The van der Waals surface area contributed by atoms with E-state index in [2.05, 4.69) is 25.5 Å². The average Bonchev–Trinajstić information content (AvgIpc) is 3.40. The maximum Gasteiger partial charge on any atom is 0.314 e. The smallest absolute Gasteiger partial charge is 0.314 e. The van der Waals surface area contributed by atoms with E-state index in [-0.39, 0.29) is 18.0 Å². The maximum atomic E-state index is 14.5. The van der Waals surface area contributed by atoms with Crippen molar-refractivity contribution in [2.45, 2.75) is 19.5 Å². The van der Waals surface area contributed by atoms with E-state index in [9.17, 15) is 13.2 Å². The van der Waals surface area contributed by atoms with Crippen molar-refractivity contribution >= 4 is 0 Å². The Bertz CT molecular complexity index is 1170. The number of nitrogens with zero attached hydrogens (tertiary/aromatic N) is 7. The highest BCUT2D eigenvalue weighted by atomic mass is 19.3. The molecule has 0 aliphatic carbocycles. The second-order valence-corrected chi connectivity index (χ2v) is 7.14. The third-order valence-electron chi connectivity index (χ3n) is 4.38. The summed E-state index contributed by atoms with van der Waals surface area (Å²) in [5.41, 5.74) is 2.85. The second-order valence-electron chi connectivity index (χ2n) is 7.14. The minimum absolute atomic E-state index is 0.129. The first-order valence-electron chi connectivity index (χ1n) is 9.29. The number of aromatic nitrogens is 6. The molecule has 0 atom stereocenters. The first-order valence-corrected chi connectivity index (χ1v) is 9.29. The number of halogens is 3.